The number of ether oxygens (including phenoxy) is 2. The fourth-order valence-electron chi connectivity index (χ4n) is 2.68. The fraction of sp³-hybridized carbons (Fsp3) is 0.0476. The number of hydrogen-bond donors (Lipinski definition) is 0. The lowest BCUT2D eigenvalue weighted by atomic mass is 10.2. The van der Waals surface area contributed by atoms with E-state index in [4.69, 9.17) is 9.47 Å². The van der Waals surface area contributed by atoms with E-state index in [1.165, 1.54) is 0 Å². The number of nitrogens with zero attached hydrogens (tertiary/aromatic N) is 2. The third kappa shape index (κ3) is 3.15. The quantitative estimate of drug-likeness (QED) is 0.401. The van der Waals surface area contributed by atoms with Crippen LogP contribution in [0.1, 0.15) is 10.4 Å². The minimum absolute atomic E-state index is 0.359. The van der Waals surface area contributed by atoms with Crippen LogP contribution in [-0.2, 0) is 7.05 Å². The lowest BCUT2D eigenvalue weighted by molar-refractivity contribution is 0.0732. The number of esters is 1. The molecule has 0 aliphatic carbocycles. The van der Waals surface area contributed by atoms with Gasteiger partial charge in [0.1, 0.15) is 22.8 Å². The highest BCUT2D eigenvalue weighted by Gasteiger charge is 2.16. The van der Waals surface area contributed by atoms with Crippen molar-refractivity contribution < 1.29 is 14.3 Å². The molecule has 0 saturated heterocycles. The van der Waals surface area contributed by atoms with Gasteiger partial charge in [0.25, 0.3) is 0 Å². The van der Waals surface area contributed by atoms with Crippen molar-refractivity contribution in [2.75, 3.05) is 0 Å². The van der Waals surface area contributed by atoms with Crippen LogP contribution in [0.3, 0.4) is 0 Å². The van der Waals surface area contributed by atoms with Gasteiger partial charge in [0.15, 0.2) is 0 Å². The maximum absolute atomic E-state index is 12.6. The minimum atomic E-state index is -0.480. The van der Waals surface area contributed by atoms with E-state index in [2.05, 4.69) is 4.98 Å². The first-order valence-electron chi connectivity index (χ1n) is 8.16. The fourth-order valence-corrected chi connectivity index (χ4v) is 2.68. The summed E-state index contributed by atoms with van der Waals surface area (Å²) < 4.78 is 13.3. The van der Waals surface area contributed by atoms with Crippen LogP contribution in [0.4, 0.5) is 0 Å². The second-order valence-electron chi connectivity index (χ2n) is 5.81. The number of carbonyl (C=O) groups excluding carboxylic acids is 1. The van der Waals surface area contributed by atoms with Gasteiger partial charge < -0.3 is 14.0 Å². The number of hydrogen-bond acceptors (Lipinski definition) is 4. The average molecular weight is 344 g/mol. The normalized spacial score (nSPS) is 10.7. The molecule has 0 aliphatic rings. The number of imidazole rings is 1. The molecule has 1 aromatic heterocycles. The lowest BCUT2D eigenvalue weighted by Gasteiger charge is -2.11. The Morgan fingerprint density at radius 3 is 2.54 bits per heavy atom. The molecule has 5 nitrogen and oxygen atoms in total. The molecule has 0 bridgehead atoms. The van der Waals surface area contributed by atoms with E-state index in [0.29, 0.717) is 22.8 Å². The minimum Gasteiger partial charge on any atom is -0.456 e. The Bertz CT molecular complexity index is 1070. The molecule has 1 heterocycles. The summed E-state index contributed by atoms with van der Waals surface area (Å²) in [7, 11) is 1.91. The van der Waals surface area contributed by atoms with Crippen LogP contribution in [0, 0.1) is 0 Å². The molecular weight excluding hydrogens is 328 g/mol. The molecule has 26 heavy (non-hydrogen) atoms. The van der Waals surface area contributed by atoms with Crippen LogP contribution in [-0.4, -0.2) is 15.5 Å². The van der Waals surface area contributed by atoms with Crippen LogP contribution >= 0.6 is 0 Å². The van der Waals surface area contributed by atoms with Crippen molar-refractivity contribution in [1.82, 2.24) is 9.55 Å². The van der Waals surface area contributed by atoms with Gasteiger partial charge in [-0.05, 0) is 36.4 Å². The van der Waals surface area contributed by atoms with Crippen molar-refractivity contribution in [1.29, 1.82) is 0 Å². The van der Waals surface area contributed by atoms with Gasteiger partial charge in [-0.15, -0.1) is 0 Å². The van der Waals surface area contributed by atoms with Crippen molar-refractivity contribution in [2.24, 2.45) is 7.05 Å². The number of para-hydroxylation sites is 2. The zero-order chi connectivity index (χ0) is 17.9. The third-order valence-electron chi connectivity index (χ3n) is 3.99. The molecule has 0 atom stereocenters. The highest BCUT2D eigenvalue weighted by molar-refractivity contribution is 5.94. The van der Waals surface area contributed by atoms with E-state index < -0.39 is 5.97 Å². The van der Waals surface area contributed by atoms with E-state index in [0.717, 1.165) is 11.0 Å². The van der Waals surface area contributed by atoms with Crippen molar-refractivity contribution in [3.8, 4) is 17.2 Å². The van der Waals surface area contributed by atoms with Gasteiger partial charge in [-0.25, -0.2) is 9.78 Å². The second-order valence-corrected chi connectivity index (χ2v) is 5.81. The molecule has 0 aliphatic heterocycles. The summed E-state index contributed by atoms with van der Waals surface area (Å²) in [6, 6.07) is 21.7. The molecule has 4 aromatic rings. The van der Waals surface area contributed by atoms with Crippen LogP contribution in [0.2, 0.25) is 0 Å². The van der Waals surface area contributed by atoms with E-state index in [9.17, 15) is 4.79 Å². The first kappa shape index (κ1) is 15.9. The first-order valence-corrected chi connectivity index (χ1v) is 8.16. The maximum atomic E-state index is 12.6. The van der Waals surface area contributed by atoms with Crippen molar-refractivity contribution in [2.45, 2.75) is 0 Å². The average Bonchev–Trinajstić information content (AvgIpc) is 3.03. The Morgan fingerprint density at radius 2 is 1.69 bits per heavy atom. The van der Waals surface area contributed by atoms with Gasteiger partial charge in [0.05, 0.1) is 17.4 Å². The summed E-state index contributed by atoms with van der Waals surface area (Å²) in [6.07, 6.45) is 1.72. The molecule has 4 rings (SSSR count). The van der Waals surface area contributed by atoms with Gasteiger partial charge in [-0.1, -0.05) is 30.3 Å². The lowest BCUT2D eigenvalue weighted by Crippen LogP contribution is -2.09. The molecule has 0 fully saturated rings. The Hall–Kier alpha value is -3.60. The Kier molecular flexibility index (Phi) is 4.11. The van der Waals surface area contributed by atoms with Gasteiger partial charge in [0.2, 0.25) is 0 Å². The Morgan fingerprint density at radius 1 is 0.923 bits per heavy atom. The SMILES string of the molecule is Cn1cnc2cc(OC(=O)c3ccccc3Oc3ccccc3)ccc21. The summed E-state index contributed by atoms with van der Waals surface area (Å²) in [5.41, 5.74) is 2.10. The second kappa shape index (κ2) is 6.72. The van der Waals surface area contributed by atoms with E-state index in [1.54, 1.807) is 36.7 Å². The molecule has 0 radical (unpaired) electrons. The number of aromatic nitrogens is 2. The van der Waals surface area contributed by atoms with E-state index in [-0.39, 0.29) is 0 Å². The number of fused-ring (bicyclic) bond motifs is 1. The number of carbonyl (C=O) groups is 1. The van der Waals surface area contributed by atoms with Crippen LogP contribution in [0.5, 0.6) is 17.2 Å². The van der Waals surface area contributed by atoms with E-state index in [1.807, 2.05) is 54.1 Å². The molecule has 128 valence electrons. The summed E-state index contributed by atoms with van der Waals surface area (Å²) in [4.78, 5) is 16.9. The molecule has 0 N–H and O–H groups in total. The van der Waals surface area contributed by atoms with Crippen LogP contribution < -0.4 is 9.47 Å². The third-order valence-corrected chi connectivity index (χ3v) is 3.99. The van der Waals surface area contributed by atoms with Crippen molar-refractivity contribution in [3.05, 3.63) is 84.7 Å². The van der Waals surface area contributed by atoms with Gasteiger partial charge in [-0.2, -0.15) is 0 Å². The molecule has 0 spiro atoms. The zero-order valence-corrected chi connectivity index (χ0v) is 14.1. The largest absolute Gasteiger partial charge is 0.456 e. The molecule has 0 saturated carbocycles. The Balaban J connectivity index is 1.59. The van der Waals surface area contributed by atoms with Gasteiger partial charge in [0, 0.05) is 13.1 Å². The summed E-state index contributed by atoms with van der Waals surface area (Å²) in [5, 5.41) is 0. The molecular formula is C21H16N2O3. The Labute approximate surface area is 150 Å². The molecule has 0 unspecified atom stereocenters. The topological polar surface area (TPSA) is 53.4 Å². The highest BCUT2D eigenvalue weighted by atomic mass is 16.5. The maximum Gasteiger partial charge on any atom is 0.347 e. The van der Waals surface area contributed by atoms with E-state index >= 15 is 0 Å². The van der Waals surface area contributed by atoms with Crippen LogP contribution in [0.15, 0.2) is 79.1 Å². The van der Waals surface area contributed by atoms with Crippen LogP contribution in [0.25, 0.3) is 11.0 Å². The number of benzene rings is 3. The monoisotopic (exact) mass is 344 g/mol. The zero-order valence-electron chi connectivity index (χ0n) is 14.1. The molecule has 0 amide bonds. The first-order chi connectivity index (χ1) is 12.7. The summed E-state index contributed by atoms with van der Waals surface area (Å²) >= 11 is 0. The number of aryl methyl sites for hydroxylation is 1. The predicted octanol–water partition coefficient (Wildman–Crippen LogP) is 4.58. The summed E-state index contributed by atoms with van der Waals surface area (Å²) in [6.45, 7) is 0. The van der Waals surface area contributed by atoms with Gasteiger partial charge in [-0.3, -0.25) is 0 Å². The van der Waals surface area contributed by atoms with Crippen molar-refractivity contribution in [3.63, 3.8) is 0 Å². The summed E-state index contributed by atoms with van der Waals surface area (Å²) in [5.74, 6) is 1.06. The number of rotatable bonds is 4. The molecule has 3 aromatic carbocycles. The van der Waals surface area contributed by atoms with Crippen molar-refractivity contribution >= 4 is 17.0 Å². The molecule has 5 heteroatoms. The predicted molar refractivity (Wildman–Crippen MR) is 98.6 cm³/mol. The highest BCUT2D eigenvalue weighted by Crippen LogP contribution is 2.27. The smallest absolute Gasteiger partial charge is 0.347 e. The standard InChI is InChI=1S/C21H16N2O3/c1-23-14-22-18-13-16(11-12-19(18)23)26-21(24)17-9-5-6-10-20(17)25-15-7-3-2-4-8-15/h2-14H,1H3. The van der Waals surface area contributed by atoms with Gasteiger partial charge >= 0.3 is 5.97 Å².